The standard InChI is InChI=1S/C16H21NO5S/c1-3-9-22-16(20)12-5-7-13(8-6-12)17-14(18)10-23-11-15(19)21-4-2/h5-8H,3-4,9-11H2,1-2H3,(H,17,18). The van der Waals surface area contributed by atoms with Crippen molar-refractivity contribution in [2.24, 2.45) is 0 Å². The lowest BCUT2D eigenvalue weighted by molar-refractivity contribution is -0.139. The highest BCUT2D eigenvalue weighted by molar-refractivity contribution is 8.00. The molecule has 0 saturated heterocycles. The van der Waals surface area contributed by atoms with E-state index >= 15 is 0 Å². The summed E-state index contributed by atoms with van der Waals surface area (Å²) in [7, 11) is 0. The smallest absolute Gasteiger partial charge is 0.338 e. The molecule has 1 aromatic rings. The van der Waals surface area contributed by atoms with Gasteiger partial charge in [-0.2, -0.15) is 0 Å². The molecule has 0 aliphatic rings. The first kappa shape index (κ1) is 19.0. The van der Waals surface area contributed by atoms with Crippen LogP contribution in [0.1, 0.15) is 30.6 Å². The van der Waals surface area contributed by atoms with Gasteiger partial charge in [0.2, 0.25) is 5.91 Å². The summed E-state index contributed by atoms with van der Waals surface area (Å²) in [5.74, 6) is -0.640. The van der Waals surface area contributed by atoms with Crippen LogP contribution < -0.4 is 5.32 Å². The summed E-state index contributed by atoms with van der Waals surface area (Å²) in [5.41, 5.74) is 1.02. The van der Waals surface area contributed by atoms with E-state index in [1.165, 1.54) is 11.8 Å². The Labute approximate surface area is 139 Å². The van der Waals surface area contributed by atoms with E-state index in [1.807, 2.05) is 6.92 Å². The van der Waals surface area contributed by atoms with E-state index in [4.69, 9.17) is 9.47 Å². The Bertz CT molecular complexity index is 530. The average Bonchev–Trinajstić information content (AvgIpc) is 2.53. The molecule has 7 heteroatoms. The van der Waals surface area contributed by atoms with Crippen LogP contribution in [0.15, 0.2) is 24.3 Å². The summed E-state index contributed by atoms with van der Waals surface area (Å²) in [5, 5.41) is 2.69. The van der Waals surface area contributed by atoms with Crippen molar-refractivity contribution in [2.45, 2.75) is 20.3 Å². The molecule has 23 heavy (non-hydrogen) atoms. The number of hydrogen-bond donors (Lipinski definition) is 1. The largest absolute Gasteiger partial charge is 0.465 e. The molecule has 0 fully saturated rings. The molecule has 0 saturated carbocycles. The third-order valence-electron chi connectivity index (χ3n) is 2.60. The van der Waals surface area contributed by atoms with E-state index in [2.05, 4.69) is 5.32 Å². The normalized spacial score (nSPS) is 10.0. The van der Waals surface area contributed by atoms with E-state index in [0.717, 1.165) is 6.42 Å². The van der Waals surface area contributed by atoms with E-state index in [9.17, 15) is 14.4 Å². The second-order valence-electron chi connectivity index (χ2n) is 4.56. The zero-order valence-corrected chi connectivity index (χ0v) is 14.1. The van der Waals surface area contributed by atoms with Crippen LogP contribution in [0.25, 0.3) is 0 Å². The van der Waals surface area contributed by atoms with E-state index in [1.54, 1.807) is 31.2 Å². The molecule has 0 atom stereocenters. The lowest BCUT2D eigenvalue weighted by Crippen LogP contribution is -2.16. The van der Waals surface area contributed by atoms with Gasteiger partial charge >= 0.3 is 11.9 Å². The molecule has 1 amide bonds. The highest BCUT2D eigenvalue weighted by Gasteiger charge is 2.09. The van der Waals surface area contributed by atoms with Crippen molar-refractivity contribution in [2.75, 3.05) is 30.0 Å². The number of esters is 2. The Balaban J connectivity index is 2.38. The molecule has 0 bridgehead atoms. The SMILES string of the molecule is CCCOC(=O)c1ccc(NC(=O)CSCC(=O)OCC)cc1. The second-order valence-corrected chi connectivity index (χ2v) is 5.54. The highest BCUT2D eigenvalue weighted by atomic mass is 32.2. The number of benzene rings is 1. The van der Waals surface area contributed by atoms with Crippen molar-refractivity contribution in [3.63, 3.8) is 0 Å². The van der Waals surface area contributed by atoms with Crippen LogP contribution in [-0.2, 0) is 19.1 Å². The van der Waals surface area contributed by atoms with Gasteiger partial charge in [0.25, 0.3) is 0 Å². The molecular formula is C16H21NO5S. The lowest BCUT2D eigenvalue weighted by Gasteiger charge is -2.07. The third kappa shape index (κ3) is 7.69. The van der Waals surface area contributed by atoms with Crippen LogP contribution >= 0.6 is 11.8 Å². The summed E-state index contributed by atoms with van der Waals surface area (Å²) >= 11 is 1.19. The highest BCUT2D eigenvalue weighted by Crippen LogP contribution is 2.12. The van der Waals surface area contributed by atoms with E-state index in [-0.39, 0.29) is 29.4 Å². The van der Waals surface area contributed by atoms with Gasteiger partial charge in [-0.15, -0.1) is 11.8 Å². The van der Waals surface area contributed by atoms with Crippen LogP contribution in [0.3, 0.4) is 0 Å². The number of thioether (sulfide) groups is 1. The van der Waals surface area contributed by atoms with Crippen molar-refractivity contribution in [3.05, 3.63) is 29.8 Å². The molecule has 6 nitrogen and oxygen atoms in total. The minimum absolute atomic E-state index is 0.142. The number of carbonyl (C=O) groups excluding carboxylic acids is 3. The monoisotopic (exact) mass is 339 g/mol. The molecule has 0 spiro atoms. The molecule has 0 radical (unpaired) electrons. The molecule has 126 valence electrons. The summed E-state index contributed by atoms with van der Waals surface area (Å²) < 4.78 is 9.79. The van der Waals surface area contributed by atoms with Crippen LogP contribution in [0.4, 0.5) is 5.69 Å². The predicted molar refractivity (Wildman–Crippen MR) is 89.6 cm³/mol. The van der Waals surface area contributed by atoms with Crippen molar-refractivity contribution >= 4 is 35.3 Å². The number of nitrogens with one attached hydrogen (secondary N) is 1. The fourth-order valence-electron chi connectivity index (χ4n) is 1.59. The summed E-state index contributed by atoms with van der Waals surface area (Å²) in [6, 6.07) is 6.46. The van der Waals surface area contributed by atoms with Gasteiger partial charge in [0.15, 0.2) is 0 Å². The quantitative estimate of drug-likeness (QED) is 0.696. The van der Waals surface area contributed by atoms with E-state index < -0.39 is 0 Å². The van der Waals surface area contributed by atoms with Gasteiger partial charge < -0.3 is 14.8 Å². The Morgan fingerprint density at radius 3 is 2.35 bits per heavy atom. The van der Waals surface area contributed by atoms with Gasteiger partial charge in [0, 0.05) is 5.69 Å². The van der Waals surface area contributed by atoms with Crippen molar-refractivity contribution in [3.8, 4) is 0 Å². The van der Waals surface area contributed by atoms with Gasteiger partial charge in [0.05, 0.1) is 30.3 Å². The second kappa shape index (κ2) is 10.7. The Morgan fingerprint density at radius 2 is 1.74 bits per heavy atom. The molecule has 1 rings (SSSR count). The minimum Gasteiger partial charge on any atom is -0.465 e. The summed E-state index contributed by atoms with van der Waals surface area (Å²) in [6.07, 6.45) is 0.767. The van der Waals surface area contributed by atoms with Gasteiger partial charge in [-0.3, -0.25) is 9.59 Å². The number of rotatable bonds is 9. The molecule has 1 N–H and O–H groups in total. The number of hydrogen-bond acceptors (Lipinski definition) is 6. The van der Waals surface area contributed by atoms with Gasteiger partial charge in [-0.25, -0.2) is 4.79 Å². The zero-order valence-electron chi connectivity index (χ0n) is 13.3. The topological polar surface area (TPSA) is 81.7 Å². The molecule has 0 heterocycles. The lowest BCUT2D eigenvalue weighted by atomic mass is 10.2. The zero-order chi connectivity index (χ0) is 17.1. The summed E-state index contributed by atoms with van der Waals surface area (Å²) in [4.78, 5) is 34.5. The van der Waals surface area contributed by atoms with Gasteiger partial charge in [-0.1, -0.05) is 6.92 Å². The summed E-state index contributed by atoms with van der Waals surface area (Å²) in [6.45, 7) is 4.37. The molecule has 0 aliphatic carbocycles. The van der Waals surface area contributed by atoms with Crippen LogP contribution in [0.2, 0.25) is 0 Å². The van der Waals surface area contributed by atoms with Gasteiger partial charge in [-0.05, 0) is 37.6 Å². The number of amides is 1. The molecule has 1 aromatic carbocycles. The first-order valence-electron chi connectivity index (χ1n) is 7.37. The molecule has 0 aliphatic heterocycles. The Kier molecular flexibility index (Phi) is 8.82. The number of carbonyl (C=O) groups is 3. The maximum Gasteiger partial charge on any atom is 0.338 e. The number of ether oxygens (including phenoxy) is 2. The maximum atomic E-state index is 11.7. The van der Waals surface area contributed by atoms with Crippen molar-refractivity contribution < 1.29 is 23.9 Å². The van der Waals surface area contributed by atoms with Crippen LogP contribution in [-0.4, -0.2) is 42.6 Å². The predicted octanol–water partition coefficient (Wildman–Crippen LogP) is 2.49. The number of anilines is 1. The molecule has 0 unspecified atom stereocenters. The molecular weight excluding hydrogens is 318 g/mol. The van der Waals surface area contributed by atoms with Crippen LogP contribution in [0, 0.1) is 0 Å². The van der Waals surface area contributed by atoms with Gasteiger partial charge in [0.1, 0.15) is 0 Å². The van der Waals surface area contributed by atoms with Crippen molar-refractivity contribution in [1.82, 2.24) is 0 Å². The minimum atomic E-state index is -0.380. The first-order chi connectivity index (χ1) is 11.1. The van der Waals surface area contributed by atoms with E-state index in [0.29, 0.717) is 24.5 Å². The Morgan fingerprint density at radius 1 is 1.04 bits per heavy atom. The maximum absolute atomic E-state index is 11.7. The van der Waals surface area contributed by atoms with Crippen molar-refractivity contribution in [1.29, 1.82) is 0 Å². The fourth-order valence-corrected chi connectivity index (χ4v) is 2.20. The third-order valence-corrected chi connectivity index (χ3v) is 3.51. The Hall–Kier alpha value is -2.02. The molecule has 0 aromatic heterocycles. The van der Waals surface area contributed by atoms with Crippen LogP contribution in [0.5, 0.6) is 0 Å². The average molecular weight is 339 g/mol. The first-order valence-corrected chi connectivity index (χ1v) is 8.52. The fraction of sp³-hybridized carbons (Fsp3) is 0.438.